The van der Waals surface area contributed by atoms with Crippen LogP contribution in [0.25, 0.3) is 0 Å². The first-order chi connectivity index (χ1) is 9.77. The Labute approximate surface area is 119 Å². The van der Waals surface area contributed by atoms with Gasteiger partial charge in [-0.15, -0.1) is 0 Å². The van der Waals surface area contributed by atoms with Crippen LogP contribution >= 0.6 is 0 Å². The highest BCUT2D eigenvalue weighted by atomic mass is 16.5. The van der Waals surface area contributed by atoms with E-state index in [4.69, 9.17) is 14.9 Å². The Bertz CT molecular complexity index is 392. The van der Waals surface area contributed by atoms with Crippen molar-refractivity contribution in [2.75, 3.05) is 13.2 Å². The maximum Gasteiger partial charge on any atom is 0.224 e. The number of carbonyl (C=O) groups is 1. The minimum Gasteiger partial charge on any atom is -0.467 e. The molecule has 2 rings (SSSR count). The molecule has 3 N–H and O–H groups in total. The van der Waals surface area contributed by atoms with Crippen molar-refractivity contribution in [2.24, 2.45) is 11.7 Å². The third-order valence-corrected chi connectivity index (χ3v) is 3.75. The summed E-state index contributed by atoms with van der Waals surface area (Å²) in [5.74, 6) is 0.915. The maximum atomic E-state index is 12.0. The van der Waals surface area contributed by atoms with Crippen LogP contribution < -0.4 is 11.1 Å². The van der Waals surface area contributed by atoms with Crippen LogP contribution in [0.15, 0.2) is 22.8 Å². The lowest BCUT2D eigenvalue weighted by Gasteiger charge is -2.27. The molecule has 1 fully saturated rings. The molecule has 1 aliphatic carbocycles. The summed E-state index contributed by atoms with van der Waals surface area (Å²) in [6.07, 6.45) is 6.57. The van der Waals surface area contributed by atoms with E-state index in [0.29, 0.717) is 19.8 Å². The van der Waals surface area contributed by atoms with E-state index in [0.717, 1.165) is 37.9 Å². The molecule has 20 heavy (non-hydrogen) atoms. The number of furan rings is 1. The molecule has 1 aliphatic rings. The Balaban J connectivity index is 1.53. The summed E-state index contributed by atoms with van der Waals surface area (Å²) >= 11 is 0. The highest BCUT2D eigenvalue weighted by molar-refractivity contribution is 5.79. The zero-order valence-corrected chi connectivity index (χ0v) is 11.8. The van der Waals surface area contributed by atoms with Gasteiger partial charge >= 0.3 is 0 Å². The molecular formula is C15H24N2O3. The van der Waals surface area contributed by atoms with Crippen LogP contribution in [0.4, 0.5) is 0 Å². The van der Waals surface area contributed by atoms with E-state index >= 15 is 0 Å². The number of rotatable bonds is 7. The fourth-order valence-electron chi connectivity index (χ4n) is 2.57. The Hall–Kier alpha value is -1.33. The van der Waals surface area contributed by atoms with Crippen LogP contribution in [-0.2, 0) is 16.1 Å². The van der Waals surface area contributed by atoms with Crippen LogP contribution in [0.1, 0.15) is 37.9 Å². The molecular weight excluding hydrogens is 256 g/mol. The molecule has 0 aromatic carbocycles. The lowest BCUT2D eigenvalue weighted by molar-refractivity contribution is -0.126. The van der Waals surface area contributed by atoms with Crippen molar-refractivity contribution in [1.82, 2.24) is 5.32 Å². The molecule has 0 spiro atoms. The molecule has 2 atom stereocenters. The van der Waals surface area contributed by atoms with Gasteiger partial charge in [-0.2, -0.15) is 0 Å². The Morgan fingerprint density at radius 3 is 3.05 bits per heavy atom. The molecule has 2 unspecified atom stereocenters. The summed E-state index contributed by atoms with van der Waals surface area (Å²) < 4.78 is 10.6. The maximum absolute atomic E-state index is 12.0. The first-order valence-electron chi connectivity index (χ1n) is 7.41. The highest BCUT2D eigenvalue weighted by Gasteiger charge is 2.27. The van der Waals surface area contributed by atoms with Crippen LogP contribution in [0.5, 0.6) is 0 Å². The zero-order chi connectivity index (χ0) is 14.2. The normalized spacial score (nSPS) is 22.6. The molecule has 0 aliphatic heterocycles. The third kappa shape index (κ3) is 4.65. The minimum atomic E-state index is -0.00668. The number of nitrogens with two attached hydrogens (primary N) is 1. The smallest absolute Gasteiger partial charge is 0.224 e. The minimum absolute atomic E-state index is 0.00668. The second-order valence-corrected chi connectivity index (χ2v) is 5.33. The summed E-state index contributed by atoms with van der Waals surface area (Å²) in [7, 11) is 0. The highest BCUT2D eigenvalue weighted by Crippen LogP contribution is 2.22. The fraction of sp³-hybridized carbons (Fsp3) is 0.667. The van der Waals surface area contributed by atoms with Gasteiger partial charge in [0.25, 0.3) is 0 Å². The van der Waals surface area contributed by atoms with Crippen molar-refractivity contribution in [3.63, 3.8) is 0 Å². The van der Waals surface area contributed by atoms with Gasteiger partial charge in [-0.3, -0.25) is 4.79 Å². The van der Waals surface area contributed by atoms with E-state index in [1.54, 1.807) is 6.26 Å². The molecule has 1 aromatic rings. The number of ether oxygens (including phenoxy) is 1. The summed E-state index contributed by atoms with van der Waals surface area (Å²) in [4.78, 5) is 12.0. The molecule has 1 heterocycles. The van der Waals surface area contributed by atoms with E-state index in [1.165, 1.54) is 0 Å². The van der Waals surface area contributed by atoms with Gasteiger partial charge in [0.1, 0.15) is 12.4 Å². The van der Waals surface area contributed by atoms with E-state index in [1.807, 2.05) is 12.1 Å². The first-order valence-corrected chi connectivity index (χ1v) is 7.41. The Kier molecular flexibility index (Phi) is 6.08. The molecule has 1 aromatic heterocycles. The average Bonchev–Trinajstić information content (AvgIpc) is 2.96. The largest absolute Gasteiger partial charge is 0.467 e. The molecule has 5 heteroatoms. The summed E-state index contributed by atoms with van der Waals surface area (Å²) in [6.45, 7) is 1.73. The third-order valence-electron chi connectivity index (χ3n) is 3.75. The van der Waals surface area contributed by atoms with Gasteiger partial charge in [0.15, 0.2) is 0 Å². The predicted molar refractivity (Wildman–Crippen MR) is 75.9 cm³/mol. The van der Waals surface area contributed by atoms with Gasteiger partial charge in [-0.05, 0) is 31.4 Å². The second-order valence-electron chi connectivity index (χ2n) is 5.33. The SMILES string of the molecule is NC1CCCCC1C(=O)NCCCOCc1ccco1. The van der Waals surface area contributed by atoms with E-state index in [-0.39, 0.29) is 17.9 Å². The summed E-state index contributed by atoms with van der Waals surface area (Å²) in [5, 5.41) is 2.95. The van der Waals surface area contributed by atoms with Gasteiger partial charge in [-0.25, -0.2) is 0 Å². The van der Waals surface area contributed by atoms with Gasteiger partial charge in [-0.1, -0.05) is 12.8 Å². The van der Waals surface area contributed by atoms with Crippen LogP contribution in [0.3, 0.4) is 0 Å². The number of hydrogen-bond donors (Lipinski definition) is 2. The van der Waals surface area contributed by atoms with Crippen molar-refractivity contribution in [1.29, 1.82) is 0 Å². The molecule has 0 bridgehead atoms. The molecule has 112 valence electrons. The van der Waals surface area contributed by atoms with Crippen molar-refractivity contribution in [2.45, 2.75) is 44.8 Å². The molecule has 0 radical (unpaired) electrons. The van der Waals surface area contributed by atoms with Crippen LogP contribution in [-0.4, -0.2) is 25.1 Å². The van der Waals surface area contributed by atoms with Crippen molar-refractivity contribution >= 4 is 5.91 Å². The predicted octanol–water partition coefficient (Wildman–Crippen LogP) is 1.82. The number of carbonyl (C=O) groups excluding carboxylic acids is 1. The monoisotopic (exact) mass is 280 g/mol. The van der Waals surface area contributed by atoms with Crippen molar-refractivity contribution < 1.29 is 13.9 Å². The fourth-order valence-corrected chi connectivity index (χ4v) is 2.57. The molecule has 1 saturated carbocycles. The zero-order valence-electron chi connectivity index (χ0n) is 11.8. The molecule has 0 saturated heterocycles. The average molecular weight is 280 g/mol. The van der Waals surface area contributed by atoms with Gasteiger partial charge in [0.2, 0.25) is 5.91 Å². The van der Waals surface area contributed by atoms with Gasteiger partial charge < -0.3 is 20.2 Å². The molecule has 5 nitrogen and oxygen atoms in total. The lowest BCUT2D eigenvalue weighted by Crippen LogP contribution is -2.44. The lowest BCUT2D eigenvalue weighted by atomic mass is 9.84. The topological polar surface area (TPSA) is 77.5 Å². The van der Waals surface area contributed by atoms with Crippen LogP contribution in [0.2, 0.25) is 0 Å². The van der Waals surface area contributed by atoms with Gasteiger partial charge in [0, 0.05) is 19.2 Å². The van der Waals surface area contributed by atoms with E-state index < -0.39 is 0 Å². The van der Waals surface area contributed by atoms with Gasteiger partial charge in [0.05, 0.1) is 12.2 Å². The molecule has 1 amide bonds. The van der Waals surface area contributed by atoms with Crippen molar-refractivity contribution in [3.05, 3.63) is 24.2 Å². The number of nitrogens with one attached hydrogen (secondary N) is 1. The van der Waals surface area contributed by atoms with Crippen molar-refractivity contribution in [3.8, 4) is 0 Å². The number of amides is 1. The number of hydrogen-bond acceptors (Lipinski definition) is 4. The first kappa shape index (κ1) is 15.1. The standard InChI is InChI=1S/C15H24N2O3/c16-14-7-2-1-6-13(14)15(18)17-8-4-9-19-11-12-5-3-10-20-12/h3,5,10,13-14H,1-2,4,6-9,11,16H2,(H,17,18). The Morgan fingerprint density at radius 2 is 2.30 bits per heavy atom. The van der Waals surface area contributed by atoms with Crippen LogP contribution in [0, 0.1) is 5.92 Å². The summed E-state index contributed by atoms with van der Waals surface area (Å²) in [5.41, 5.74) is 5.99. The van der Waals surface area contributed by atoms with E-state index in [9.17, 15) is 4.79 Å². The Morgan fingerprint density at radius 1 is 1.45 bits per heavy atom. The van der Waals surface area contributed by atoms with E-state index in [2.05, 4.69) is 5.32 Å². The quantitative estimate of drug-likeness (QED) is 0.747. The second kappa shape index (κ2) is 8.07. The summed E-state index contributed by atoms with van der Waals surface area (Å²) in [6, 6.07) is 3.75.